The van der Waals surface area contributed by atoms with Gasteiger partial charge in [0.05, 0.1) is 0 Å². The van der Waals surface area contributed by atoms with Gasteiger partial charge in [-0.25, -0.2) is 4.79 Å². The average molecular weight is 275 g/mol. The van der Waals surface area contributed by atoms with Gasteiger partial charge < -0.3 is 20.0 Å². The molecule has 0 heterocycles. The van der Waals surface area contributed by atoms with Gasteiger partial charge in [0.1, 0.15) is 24.7 Å². The van der Waals surface area contributed by atoms with Crippen molar-refractivity contribution in [1.82, 2.24) is 0 Å². The standard InChI is InChI=1S/C15H17NO4/c1-2-3-10-20-13-7-4-6-12(11-13)16-14(15(18)19)8-5-9-17/h4,6-7,9,11,14,16H,5,8,10H2,1H3,(H,18,19). The number of anilines is 1. The Hall–Kier alpha value is -2.48. The first-order chi connectivity index (χ1) is 9.67. The zero-order valence-electron chi connectivity index (χ0n) is 11.3. The van der Waals surface area contributed by atoms with Crippen molar-refractivity contribution in [2.24, 2.45) is 0 Å². The molecule has 1 unspecified atom stereocenters. The minimum absolute atomic E-state index is 0.201. The Morgan fingerprint density at radius 1 is 1.55 bits per heavy atom. The van der Waals surface area contributed by atoms with Gasteiger partial charge in [-0.05, 0) is 25.5 Å². The highest BCUT2D eigenvalue weighted by Gasteiger charge is 2.16. The maximum absolute atomic E-state index is 11.1. The molecule has 0 aromatic heterocycles. The summed E-state index contributed by atoms with van der Waals surface area (Å²) in [4.78, 5) is 21.4. The van der Waals surface area contributed by atoms with E-state index in [4.69, 9.17) is 9.84 Å². The molecule has 5 nitrogen and oxygen atoms in total. The molecule has 0 aliphatic rings. The van der Waals surface area contributed by atoms with Crippen molar-refractivity contribution < 1.29 is 19.4 Å². The minimum atomic E-state index is -0.991. The van der Waals surface area contributed by atoms with Crippen LogP contribution in [-0.4, -0.2) is 30.0 Å². The Morgan fingerprint density at radius 2 is 2.35 bits per heavy atom. The van der Waals surface area contributed by atoms with E-state index in [1.54, 1.807) is 31.2 Å². The molecule has 1 aromatic carbocycles. The van der Waals surface area contributed by atoms with Crippen LogP contribution in [0.2, 0.25) is 0 Å². The molecule has 2 N–H and O–H groups in total. The number of carboxylic acid groups (broad SMARTS) is 1. The number of ether oxygens (including phenoxy) is 1. The van der Waals surface area contributed by atoms with Crippen molar-refractivity contribution >= 4 is 17.9 Å². The van der Waals surface area contributed by atoms with Gasteiger partial charge >= 0.3 is 5.97 Å². The molecule has 20 heavy (non-hydrogen) atoms. The number of aldehydes is 1. The highest BCUT2D eigenvalue weighted by atomic mass is 16.5. The molecule has 0 aliphatic heterocycles. The first-order valence-electron chi connectivity index (χ1n) is 6.22. The van der Waals surface area contributed by atoms with E-state index in [1.807, 2.05) is 0 Å². The van der Waals surface area contributed by atoms with E-state index < -0.39 is 12.0 Å². The van der Waals surface area contributed by atoms with Gasteiger partial charge in [-0.3, -0.25) is 0 Å². The molecular formula is C15H17NO4. The Bertz CT molecular complexity index is 516. The van der Waals surface area contributed by atoms with Crippen LogP contribution in [0.3, 0.4) is 0 Å². The second-order valence-electron chi connectivity index (χ2n) is 4.02. The van der Waals surface area contributed by atoms with Crippen LogP contribution in [0, 0.1) is 11.8 Å². The zero-order chi connectivity index (χ0) is 14.8. The average Bonchev–Trinajstić information content (AvgIpc) is 2.44. The lowest BCUT2D eigenvalue weighted by Crippen LogP contribution is -2.29. The number of carboxylic acids is 1. The molecular weight excluding hydrogens is 258 g/mol. The molecule has 0 bridgehead atoms. The smallest absolute Gasteiger partial charge is 0.326 e. The minimum Gasteiger partial charge on any atom is -0.481 e. The van der Waals surface area contributed by atoms with Crippen molar-refractivity contribution in [3.63, 3.8) is 0 Å². The highest BCUT2D eigenvalue weighted by molar-refractivity contribution is 5.77. The Labute approximate surface area is 117 Å². The summed E-state index contributed by atoms with van der Waals surface area (Å²) in [6, 6.07) is 6.17. The predicted molar refractivity (Wildman–Crippen MR) is 75.7 cm³/mol. The SMILES string of the molecule is CC#CCOc1cccc(NC(CCC=O)C(=O)O)c1. The van der Waals surface area contributed by atoms with Gasteiger partial charge in [0, 0.05) is 18.2 Å². The monoisotopic (exact) mass is 275 g/mol. The van der Waals surface area contributed by atoms with Crippen molar-refractivity contribution in [3.05, 3.63) is 24.3 Å². The molecule has 1 rings (SSSR count). The summed E-state index contributed by atoms with van der Waals surface area (Å²) in [6.07, 6.45) is 1.15. The van der Waals surface area contributed by atoms with E-state index in [9.17, 15) is 9.59 Å². The third-order valence-electron chi connectivity index (χ3n) is 2.53. The van der Waals surface area contributed by atoms with Crippen LogP contribution in [0.1, 0.15) is 19.8 Å². The van der Waals surface area contributed by atoms with Gasteiger partial charge in [0.25, 0.3) is 0 Å². The molecule has 0 amide bonds. The molecule has 0 spiro atoms. The van der Waals surface area contributed by atoms with E-state index in [1.165, 1.54) is 0 Å². The second kappa shape index (κ2) is 8.59. The molecule has 0 radical (unpaired) electrons. The van der Waals surface area contributed by atoms with Crippen molar-refractivity contribution in [2.45, 2.75) is 25.8 Å². The van der Waals surface area contributed by atoms with Crippen LogP contribution in [0.25, 0.3) is 0 Å². The van der Waals surface area contributed by atoms with Crippen molar-refractivity contribution in [3.8, 4) is 17.6 Å². The van der Waals surface area contributed by atoms with Crippen LogP contribution in [0.15, 0.2) is 24.3 Å². The van der Waals surface area contributed by atoms with Gasteiger partial charge in [0.2, 0.25) is 0 Å². The van der Waals surface area contributed by atoms with Crippen LogP contribution in [-0.2, 0) is 9.59 Å². The summed E-state index contributed by atoms with van der Waals surface area (Å²) >= 11 is 0. The van der Waals surface area contributed by atoms with E-state index in [-0.39, 0.29) is 19.4 Å². The van der Waals surface area contributed by atoms with Crippen LogP contribution >= 0.6 is 0 Å². The summed E-state index contributed by atoms with van der Waals surface area (Å²) in [7, 11) is 0. The first-order valence-corrected chi connectivity index (χ1v) is 6.22. The largest absolute Gasteiger partial charge is 0.481 e. The van der Waals surface area contributed by atoms with Crippen LogP contribution in [0.5, 0.6) is 5.75 Å². The fourth-order valence-electron chi connectivity index (χ4n) is 1.56. The van der Waals surface area contributed by atoms with Gasteiger partial charge in [-0.2, -0.15) is 0 Å². The van der Waals surface area contributed by atoms with Crippen LogP contribution in [0.4, 0.5) is 5.69 Å². The van der Waals surface area contributed by atoms with Gasteiger partial charge in [0.15, 0.2) is 0 Å². The summed E-state index contributed by atoms with van der Waals surface area (Å²) in [5, 5.41) is 11.9. The fraction of sp³-hybridized carbons (Fsp3) is 0.333. The first kappa shape index (κ1) is 15.6. The normalized spacial score (nSPS) is 10.8. The Kier molecular flexibility index (Phi) is 6.69. The topological polar surface area (TPSA) is 75.6 Å². The molecule has 0 fully saturated rings. The van der Waals surface area contributed by atoms with E-state index in [0.29, 0.717) is 17.7 Å². The maximum Gasteiger partial charge on any atom is 0.326 e. The number of benzene rings is 1. The quantitative estimate of drug-likeness (QED) is 0.560. The predicted octanol–water partition coefficient (Wildman–Crippen LogP) is 1.93. The lowest BCUT2D eigenvalue weighted by molar-refractivity contribution is -0.138. The van der Waals surface area contributed by atoms with E-state index >= 15 is 0 Å². The number of rotatable bonds is 8. The highest BCUT2D eigenvalue weighted by Crippen LogP contribution is 2.18. The summed E-state index contributed by atoms with van der Waals surface area (Å²) < 4.78 is 5.39. The van der Waals surface area contributed by atoms with Crippen LogP contribution < -0.4 is 10.1 Å². The van der Waals surface area contributed by atoms with Crippen molar-refractivity contribution in [2.75, 3.05) is 11.9 Å². The molecule has 106 valence electrons. The number of nitrogens with one attached hydrogen (secondary N) is 1. The maximum atomic E-state index is 11.1. The third-order valence-corrected chi connectivity index (χ3v) is 2.53. The number of hydrogen-bond donors (Lipinski definition) is 2. The van der Waals surface area contributed by atoms with Gasteiger partial charge in [-0.15, -0.1) is 5.92 Å². The fourth-order valence-corrected chi connectivity index (χ4v) is 1.56. The Morgan fingerprint density at radius 3 is 3.00 bits per heavy atom. The second-order valence-corrected chi connectivity index (χ2v) is 4.02. The molecule has 5 heteroatoms. The zero-order valence-corrected chi connectivity index (χ0v) is 11.3. The summed E-state index contributed by atoms with van der Waals surface area (Å²) in [5.41, 5.74) is 0.630. The molecule has 1 atom stereocenters. The molecule has 1 aromatic rings. The number of carbonyl (C=O) groups is 2. The molecule has 0 aliphatic carbocycles. The molecule has 0 saturated carbocycles. The van der Waals surface area contributed by atoms with E-state index in [2.05, 4.69) is 17.2 Å². The molecule has 0 saturated heterocycles. The lowest BCUT2D eigenvalue weighted by atomic mass is 10.1. The Balaban J connectivity index is 2.68. The number of aliphatic carboxylic acids is 1. The summed E-state index contributed by atoms with van der Waals surface area (Å²) in [6.45, 7) is 2.01. The third kappa shape index (κ3) is 5.44. The van der Waals surface area contributed by atoms with Gasteiger partial charge in [-0.1, -0.05) is 12.0 Å². The number of carbonyl (C=O) groups excluding carboxylic acids is 1. The van der Waals surface area contributed by atoms with Crippen molar-refractivity contribution in [1.29, 1.82) is 0 Å². The number of hydrogen-bond acceptors (Lipinski definition) is 4. The summed E-state index contributed by atoms with van der Waals surface area (Å²) in [5.74, 6) is 5.12. The van der Waals surface area contributed by atoms with E-state index in [0.717, 1.165) is 0 Å². The lowest BCUT2D eigenvalue weighted by Gasteiger charge is -2.15.